The molecule has 3 rings (SSSR count). The summed E-state index contributed by atoms with van der Waals surface area (Å²) in [5.41, 5.74) is 12.5. The number of benzene rings is 2. The topological polar surface area (TPSA) is 142 Å². The van der Waals surface area contributed by atoms with E-state index in [1.807, 2.05) is 48.5 Å². The molecule has 8 heteroatoms. The number of nitrogens with two attached hydrogens (primary N) is 2. The smallest absolute Gasteiger partial charge is 0.338 e. The molecule has 0 bridgehead atoms. The van der Waals surface area contributed by atoms with Crippen molar-refractivity contribution >= 4 is 17.9 Å². The highest BCUT2D eigenvalue weighted by molar-refractivity contribution is 6.04. The molecule has 2 aromatic rings. The number of fused-ring (bicyclic) bond motifs is 3. The van der Waals surface area contributed by atoms with Crippen LogP contribution in [0, 0.1) is 0 Å². The lowest BCUT2D eigenvalue weighted by Crippen LogP contribution is -2.60. The van der Waals surface area contributed by atoms with Crippen LogP contribution < -0.4 is 11.5 Å². The molecule has 0 saturated heterocycles. The Balaban J connectivity index is 1.71. The fourth-order valence-corrected chi connectivity index (χ4v) is 3.77. The molecule has 0 spiro atoms. The van der Waals surface area contributed by atoms with Crippen LogP contribution in [0.1, 0.15) is 44.2 Å². The molecule has 0 radical (unpaired) electrons. The number of hydrogen-bond acceptors (Lipinski definition) is 7. The Morgan fingerprint density at radius 3 is 1.97 bits per heavy atom. The monoisotopic (exact) mass is 440 g/mol. The van der Waals surface area contributed by atoms with E-state index in [4.69, 9.17) is 20.9 Å². The maximum absolute atomic E-state index is 12.6. The van der Waals surface area contributed by atoms with Gasteiger partial charge in [-0.15, -0.1) is 0 Å². The predicted octanol–water partition coefficient (Wildman–Crippen LogP) is 2.18. The third-order valence-electron chi connectivity index (χ3n) is 5.34. The van der Waals surface area contributed by atoms with Gasteiger partial charge in [-0.05, 0) is 43.0 Å². The highest BCUT2D eigenvalue weighted by atomic mass is 16.6. The summed E-state index contributed by atoms with van der Waals surface area (Å²) in [6.45, 7) is 4.77. The van der Waals surface area contributed by atoms with E-state index in [9.17, 15) is 19.5 Å². The fraction of sp³-hybridized carbons (Fsp3) is 0.375. The lowest BCUT2D eigenvalue weighted by atomic mass is 9.92. The summed E-state index contributed by atoms with van der Waals surface area (Å²) in [5, 5.41) is 9.52. The van der Waals surface area contributed by atoms with Gasteiger partial charge in [0.2, 0.25) is 5.54 Å². The summed E-state index contributed by atoms with van der Waals surface area (Å²) in [5.74, 6) is -3.81. The molecule has 2 aromatic carbocycles. The van der Waals surface area contributed by atoms with E-state index in [2.05, 4.69) is 0 Å². The third kappa shape index (κ3) is 4.66. The lowest BCUT2D eigenvalue weighted by molar-refractivity contribution is -0.170. The molecule has 0 aromatic heterocycles. The molecular formula is C24H28N2O6. The molecule has 8 nitrogen and oxygen atoms in total. The molecule has 0 heterocycles. The first kappa shape index (κ1) is 23.4. The van der Waals surface area contributed by atoms with Crippen molar-refractivity contribution in [3.8, 4) is 11.1 Å². The minimum absolute atomic E-state index is 0.0254. The first-order chi connectivity index (χ1) is 14.9. The SMILES string of the molecule is CC(C)(C)OC(=O)C(N)(C[C@H](N)C(=O)OCC1c2ccccc2-c2ccccc21)C(=O)O. The highest BCUT2D eigenvalue weighted by Gasteiger charge is 2.48. The van der Waals surface area contributed by atoms with Gasteiger partial charge in [0.25, 0.3) is 0 Å². The maximum atomic E-state index is 12.6. The molecule has 170 valence electrons. The largest absolute Gasteiger partial charge is 0.479 e. The van der Waals surface area contributed by atoms with Gasteiger partial charge >= 0.3 is 17.9 Å². The number of ether oxygens (including phenoxy) is 2. The van der Waals surface area contributed by atoms with E-state index < -0.39 is 41.5 Å². The second kappa shape index (κ2) is 8.72. The average Bonchev–Trinajstić information content (AvgIpc) is 3.04. The molecule has 0 saturated carbocycles. The maximum Gasteiger partial charge on any atom is 0.338 e. The van der Waals surface area contributed by atoms with Crippen LogP contribution in [-0.2, 0) is 23.9 Å². The summed E-state index contributed by atoms with van der Waals surface area (Å²) in [7, 11) is 0. The molecule has 2 atom stereocenters. The van der Waals surface area contributed by atoms with Crippen molar-refractivity contribution in [2.45, 2.75) is 50.3 Å². The summed E-state index contributed by atoms with van der Waals surface area (Å²) < 4.78 is 10.6. The minimum Gasteiger partial charge on any atom is -0.479 e. The molecule has 1 aliphatic carbocycles. The molecule has 0 aliphatic heterocycles. The second-order valence-electron chi connectivity index (χ2n) is 8.95. The van der Waals surface area contributed by atoms with Crippen LogP contribution in [0.25, 0.3) is 11.1 Å². The molecular weight excluding hydrogens is 412 g/mol. The van der Waals surface area contributed by atoms with Crippen molar-refractivity contribution in [1.29, 1.82) is 0 Å². The Labute approximate surface area is 186 Å². The van der Waals surface area contributed by atoms with Crippen LogP contribution in [0.3, 0.4) is 0 Å². The number of aliphatic carboxylic acids is 1. The number of carboxylic acid groups (broad SMARTS) is 1. The molecule has 0 fully saturated rings. The Bertz CT molecular complexity index is 999. The third-order valence-corrected chi connectivity index (χ3v) is 5.34. The summed E-state index contributed by atoms with van der Waals surface area (Å²) in [6.07, 6.45) is -0.659. The number of hydrogen-bond donors (Lipinski definition) is 3. The quantitative estimate of drug-likeness (QED) is 0.439. The summed E-state index contributed by atoms with van der Waals surface area (Å²) in [6, 6.07) is 14.3. The van der Waals surface area contributed by atoms with E-state index in [0.717, 1.165) is 22.3 Å². The van der Waals surface area contributed by atoms with Gasteiger partial charge < -0.3 is 26.0 Å². The molecule has 0 amide bonds. The zero-order valence-corrected chi connectivity index (χ0v) is 18.3. The number of rotatable bonds is 7. The van der Waals surface area contributed by atoms with Crippen molar-refractivity contribution in [2.75, 3.05) is 6.61 Å². The predicted molar refractivity (Wildman–Crippen MR) is 118 cm³/mol. The van der Waals surface area contributed by atoms with Gasteiger partial charge in [0.15, 0.2) is 0 Å². The van der Waals surface area contributed by atoms with Crippen molar-refractivity contribution < 1.29 is 29.0 Å². The van der Waals surface area contributed by atoms with Gasteiger partial charge in [0.1, 0.15) is 18.2 Å². The Kier molecular flexibility index (Phi) is 6.39. The summed E-state index contributed by atoms with van der Waals surface area (Å²) in [4.78, 5) is 36.7. The van der Waals surface area contributed by atoms with Crippen LogP contribution >= 0.6 is 0 Å². The van der Waals surface area contributed by atoms with Crippen LogP contribution in [0.4, 0.5) is 0 Å². The van der Waals surface area contributed by atoms with Gasteiger partial charge in [-0.2, -0.15) is 0 Å². The fourth-order valence-electron chi connectivity index (χ4n) is 3.77. The Morgan fingerprint density at radius 1 is 1.00 bits per heavy atom. The Morgan fingerprint density at radius 2 is 1.50 bits per heavy atom. The first-order valence-corrected chi connectivity index (χ1v) is 10.3. The van der Waals surface area contributed by atoms with E-state index in [0.29, 0.717) is 0 Å². The molecule has 5 N–H and O–H groups in total. The van der Waals surface area contributed by atoms with Crippen molar-refractivity contribution in [3.63, 3.8) is 0 Å². The van der Waals surface area contributed by atoms with Crippen molar-refractivity contribution in [2.24, 2.45) is 11.5 Å². The van der Waals surface area contributed by atoms with Crippen LogP contribution in [0.5, 0.6) is 0 Å². The average molecular weight is 440 g/mol. The van der Waals surface area contributed by atoms with Crippen LogP contribution in [0.15, 0.2) is 48.5 Å². The number of esters is 2. The molecule has 1 aliphatic rings. The first-order valence-electron chi connectivity index (χ1n) is 10.3. The number of carbonyl (C=O) groups is 3. The van der Waals surface area contributed by atoms with Crippen molar-refractivity contribution in [3.05, 3.63) is 59.7 Å². The number of carboxylic acids is 1. The van der Waals surface area contributed by atoms with Gasteiger partial charge in [-0.3, -0.25) is 4.79 Å². The van der Waals surface area contributed by atoms with Gasteiger partial charge in [0, 0.05) is 12.3 Å². The highest BCUT2D eigenvalue weighted by Crippen LogP contribution is 2.44. The number of carbonyl (C=O) groups excluding carboxylic acids is 2. The van der Waals surface area contributed by atoms with Gasteiger partial charge in [0.05, 0.1) is 0 Å². The Hall–Kier alpha value is -3.23. The van der Waals surface area contributed by atoms with Crippen LogP contribution in [-0.4, -0.2) is 46.8 Å². The van der Waals surface area contributed by atoms with Crippen molar-refractivity contribution in [1.82, 2.24) is 0 Å². The normalized spacial score (nSPS) is 15.8. The van der Waals surface area contributed by atoms with E-state index in [1.165, 1.54) is 0 Å². The second-order valence-corrected chi connectivity index (χ2v) is 8.95. The van der Waals surface area contributed by atoms with E-state index >= 15 is 0 Å². The summed E-state index contributed by atoms with van der Waals surface area (Å²) >= 11 is 0. The lowest BCUT2D eigenvalue weighted by Gasteiger charge is -2.29. The van der Waals surface area contributed by atoms with E-state index in [1.54, 1.807) is 20.8 Å². The molecule has 1 unspecified atom stereocenters. The zero-order chi connectivity index (χ0) is 23.7. The zero-order valence-electron chi connectivity index (χ0n) is 18.3. The minimum atomic E-state index is -2.47. The van der Waals surface area contributed by atoms with Gasteiger partial charge in [-0.1, -0.05) is 48.5 Å². The van der Waals surface area contributed by atoms with Crippen LogP contribution in [0.2, 0.25) is 0 Å². The van der Waals surface area contributed by atoms with E-state index in [-0.39, 0.29) is 12.5 Å². The molecule has 32 heavy (non-hydrogen) atoms. The van der Waals surface area contributed by atoms with Gasteiger partial charge in [-0.25, -0.2) is 9.59 Å². The standard InChI is InChI=1S/C24H28N2O6/c1-23(2,3)32-22(30)24(26,21(28)29)12-19(25)20(27)31-13-18-16-10-6-4-8-14(16)15-9-5-7-11-17(15)18/h4-11,18-19H,12-13,25-26H2,1-3H3,(H,28,29)/t19-,24?/m0/s1.